The Balaban J connectivity index is 1.67. The summed E-state index contributed by atoms with van der Waals surface area (Å²) in [6.45, 7) is 1.90. The first kappa shape index (κ1) is 14.5. The first-order valence-electron chi connectivity index (χ1n) is 7.75. The summed E-state index contributed by atoms with van der Waals surface area (Å²) in [7, 11) is 1.42. The molecule has 3 rings (SSSR count). The quantitative estimate of drug-likeness (QED) is 0.836. The Bertz CT molecular complexity index is 490. The van der Waals surface area contributed by atoms with Crippen molar-refractivity contribution in [3.63, 3.8) is 0 Å². The van der Waals surface area contributed by atoms with Gasteiger partial charge in [-0.1, -0.05) is 24.3 Å². The van der Waals surface area contributed by atoms with E-state index >= 15 is 0 Å². The number of carbonyl (C=O) groups excluding carboxylic acids is 1. The highest BCUT2D eigenvalue weighted by atomic mass is 16.5. The van der Waals surface area contributed by atoms with E-state index in [0.29, 0.717) is 12.8 Å². The van der Waals surface area contributed by atoms with Gasteiger partial charge in [0.1, 0.15) is 0 Å². The lowest BCUT2D eigenvalue weighted by molar-refractivity contribution is -0.145. The van der Waals surface area contributed by atoms with Crippen LogP contribution in [0.1, 0.15) is 24.0 Å². The molecule has 114 valence electrons. The van der Waals surface area contributed by atoms with Gasteiger partial charge in [0.05, 0.1) is 19.1 Å². The third kappa shape index (κ3) is 2.97. The van der Waals surface area contributed by atoms with Crippen molar-refractivity contribution in [2.24, 2.45) is 5.92 Å². The fraction of sp³-hybridized carbons (Fsp3) is 0.588. The van der Waals surface area contributed by atoms with Gasteiger partial charge < -0.3 is 9.84 Å². The number of benzene rings is 1. The van der Waals surface area contributed by atoms with E-state index in [0.717, 1.165) is 25.9 Å². The Morgan fingerprint density at radius 2 is 1.81 bits per heavy atom. The lowest BCUT2D eigenvalue weighted by Gasteiger charge is -2.29. The largest absolute Gasteiger partial charge is 0.469 e. The predicted molar refractivity (Wildman–Crippen MR) is 80.0 cm³/mol. The van der Waals surface area contributed by atoms with Crippen LogP contribution in [0.15, 0.2) is 24.3 Å². The minimum absolute atomic E-state index is 0.0865. The van der Waals surface area contributed by atoms with Crippen molar-refractivity contribution >= 4 is 5.97 Å². The number of hydrogen-bond donors (Lipinski definition) is 1. The maximum Gasteiger partial charge on any atom is 0.308 e. The van der Waals surface area contributed by atoms with Crippen molar-refractivity contribution in [3.8, 4) is 0 Å². The van der Waals surface area contributed by atoms with Gasteiger partial charge in [0.15, 0.2) is 0 Å². The zero-order valence-corrected chi connectivity index (χ0v) is 12.5. The SMILES string of the molecule is COC(=O)C1CC(O)C(N2CCc3ccccc3CC2)C1. The normalized spacial score (nSPS) is 29.7. The number of carbonyl (C=O) groups is 1. The maximum atomic E-state index is 11.7. The van der Waals surface area contributed by atoms with Crippen LogP contribution in [-0.2, 0) is 22.4 Å². The molecule has 3 atom stereocenters. The molecule has 4 nitrogen and oxygen atoms in total. The number of hydrogen-bond acceptors (Lipinski definition) is 4. The number of ether oxygens (including phenoxy) is 1. The first-order valence-corrected chi connectivity index (χ1v) is 7.75. The van der Waals surface area contributed by atoms with E-state index < -0.39 is 6.10 Å². The summed E-state index contributed by atoms with van der Waals surface area (Å²) in [5.41, 5.74) is 2.83. The van der Waals surface area contributed by atoms with Gasteiger partial charge in [-0.3, -0.25) is 9.69 Å². The zero-order chi connectivity index (χ0) is 14.8. The molecule has 1 aromatic carbocycles. The number of nitrogens with zero attached hydrogens (tertiary/aromatic N) is 1. The highest BCUT2D eigenvalue weighted by molar-refractivity contribution is 5.72. The second-order valence-electron chi connectivity index (χ2n) is 6.13. The molecule has 0 saturated heterocycles. The number of methoxy groups -OCH3 is 1. The van der Waals surface area contributed by atoms with Crippen molar-refractivity contribution in [1.82, 2.24) is 4.90 Å². The number of fused-ring (bicyclic) bond motifs is 1. The fourth-order valence-corrected chi connectivity index (χ4v) is 3.76. The van der Waals surface area contributed by atoms with Gasteiger partial charge in [-0.25, -0.2) is 0 Å². The van der Waals surface area contributed by atoms with Crippen LogP contribution >= 0.6 is 0 Å². The van der Waals surface area contributed by atoms with Gasteiger partial charge in [0, 0.05) is 19.1 Å². The van der Waals surface area contributed by atoms with E-state index in [-0.39, 0.29) is 17.9 Å². The summed E-state index contributed by atoms with van der Waals surface area (Å²) in [4.78, 5) is 14.0. The van der Waals surface area contributed by atoms with Crippen LogP contribution in [0.5, 0.6) is 0 Å². The molecular weight excluding hydrogens is 266 g/mol. The number of rotatable bonds is 2. The highest BCUT2D eigenvalue weighted by Crippen LogP contribution is 2.32. The minimum atomic E-state index is -0.421. The number of aliphatic hydroxyl groups excluding tert-OH is 1. The van der Waals surface area contributed by atoms with Crippen LogP contribution in [0.4, 0.5) is 0 Å². The molecule has 0 bridgehead atoms. The molecule has 0 radical (unpaired) electrons. The van der Waals surface area contributed by atoms with E-state index in [1.165, 1.54) is 18.2 Å². The van der Waals surface area contributed by atoms with Crippen molar-refractivity contribution in [3.05, 3.63) is 35.4 Å². The minimum Gasteiger partial charge on any atom is -0.469 e. The Morgan fingerprint density at radius 1 is 1.19 bits per heavy atom. The van der Waals surface area contributed by atoms with Crippen molar-refractivity contribution in [2.45, 2.75) is 37.8 Å². The van der Waals surface area contributed by atoms with Gasteiger partial charge in [0.25, 0.3) is 0 Å². The molecule has 3 unspecified atom stereocenters. The molecule has 0 amide bonds. The van der Waals surface area contributed by atoms with Crippen molar-refractivity contribution in [2.75, 3.05) is 20.2 Å². The molecule has 21 heavy (non-hydrogen) atoms. The van der Waals surface area contributed by atoms with E-state index in [2.05, 4.69) is 29.2 Å². The molecule has 1 fully saturated rings. The second-order valence-corrected chi connectivity index (χ2v) is 6.13. The molecular formula is C17H23NO3. The molecule has 1 heterocycles. The molecule has 2 aliphatic rings. The van der Waals surface area contributed by atoms with E-state index in [4.69, 9.17) is 4.74 Å². The molecule has 0 spiro atoms. The number of aliphatic hydroxyl groups is 1. The molecule has 1 saturated carbocycles. The molecule has 1 aliphatic heterocycles. The van der Waals surface area contributed by atoms with E-state index in [1.54, 1.807) is 0 Å². The lowest BCUT2D eigenvalue weighted by Crippen LogP contribution is -2.42. The average Bonchev–Trinajstić information content (AvgIpc) is 2.77. The Kier molecular flexibility index (Phi) is 4.27. The van der Waals surface area contributed by atoms with Crippen LogP contribution in [-0.4, -0.2) is 48.3 Å². The Hall–Kier alpha value is -1.39. The molecule has 1 N–H and O–H groups in total. The predicted octanol–water partition coefficient (Wildman–Crippen LogP) is 1.40. The van der Waals surface area contributed by atoms with Crippen LogP contribution in [0.3, 0.4) is 0 Å². The van der Waals surface area contributed by atoms with Gasteiger partial charge in [-0.05, 0) is 36.8 Å². The monoisotopic (exact) mass is 289 g/mol. The number of esters is 1. The summed E-state index contributed by atoms with van der Waals surface area (Å²) in [5, 5.41) is 10.3. The van der Waals surface area contributed by atoms with E-state index in [1.807, 2.05) is 0 Å². The third-order valence-electron chi connectivity index (χ3n) is 4.95. The molecule has 0 aromatic heterocycles. The topological polar surface area (TPSA) is 49.8 Å². The van der Waals surface area contributed by atoms with Gasteiger partial charge in [-0.2, -0.15) is 0 Å². The second kappa shape index (κ2) is 6.16. The molecule has 1 aliphatic carbocycles. The van der Waals surface area contributed by atoms with Gasteiger partial charge >= 0.3 is 5.97 Å². The van der Waals surface area contributed by atoms with Crippen molar-refractivity contribution in [1.29, 1.82) is 0 Å². The van der Waals surface area contributed by atoms with Crippen molar-refractivity contribution < 1.29 is 14.6 Å². The first-order chi connectivity index (χ1) is 10.2. The Morgan fingerprint density at radius 3 is 2.38 bits per heavy atom. The zero-order valence-electron chi connectivity index (χ0n) is 12.5. The molecule has 4 heteroatoms. The summed E-state index contributed by atoms with van der Waals surface area (Å²) < 4.78 is 4.82. The van der Waals surface area contributed by atoms with Gasteiger partial charge in [0.2, 0.25) is 0 Å². The van der Waals surface area contributed by atoms with Crippen LogP contribution in [0.25, 0.3) is 0 Å². The summed E-state index contributed by atoms with van der Waals surface area (Å²) in [6.07, 6.45) is 2.85. The third-order valence-corrected chi connectivity index (χ3v) is 4.95. The molecule has 1 aromatic rings. The summed E-state index contributed by atoms with van der Waals surface area (Å²) >= 11 is 0. The average molecular weight is 289 g/mol. The fourth-order valence-electron chi connectivity index (χ4n) is 3.76. The van der Waals surface area contributed by atoms with E-state index in [9.17, 15) is 9.90 Å². The standard InChI is InChI=1S/C17H23NO3/c1-21-17(20)14-10-15(16(19)11-14)18-8-6-12-4-2-3-5-13(12)7-9-18/h2-5,14-16,19H,6-11H2,1H3. The van der Waals surface area contributed by atoms with Gasteiger partial charge in [-0.15, -0.1) is 0 Å². The highest BCUT2D eigenvalue weighted by Gasteiger charge is 2.40. The maximum absolute atomic E-state index is 11.7. The Labute approximate surface area is 125 Å². The summed E-state index contributed by atoms with van der Waals surface area (Å²) in [5.74, 6) is -0.338. The smallest absolute Gasteiger partial charge is 0.308 e. The van der Waals surface area contributed by atoms with Crippen LogP contribution in [0.2, 0.25) is 0 Å². The lowest BCUT2D eigenvalue weighted by atomic mass is 10.0. The summed E-state index contributed by atoms with van der Waals surface area (Å²) in [6, 6.07) is 8.66. The van der Waals surface area contributed by atoms with Crippen LogP contribution < -0.4 is 0 Å². The van der Waals surface area contributed by atoms with Crippen LogP contribution in [0, 0.1) is 5.92 Å².